The van der Waals surface area contributed by atoms with Crippen LogP contribution in [-0.2, 0) is 16.2 Å². The summed E-state index contributed by atoms with van der Waals surface area (Å²) in [6.45, 7) is 1.47. The number of hydrogen-bond acceptors (Lipinski definition) is 6. The number of imide groups is 1. The van der Waals surface area contributed by atoms with Crippen LogP contribution in [0.25, 0.3) is 6.08 Å². The molecular formula is C27H21ClF2N2O5S. The zero-order chi connectivity index (χ0) is 27.2. The molecule has 0 radical (unpaired) electrons. The lowest BCUT2D eigenvalue weighted by atomic mass is 10.1. The normalized spacial score (nSPS) is 14.2. The highest BCUT2D eigenvalue weighted by atomic mass is 35.5. The third-order valence-corrected chi connectivity index (χ3v) is 6.45. The van der Waals surface area contributed by atoms with Crippen molar-refractivity contribution in [2.45, 2.75) is 13.5 Å². The van der Waals surface area contributed by atoms with Crippen LogP contribution in [0, 0.1) is 11.6 Å². The van der Waals surface area contributed by atoms with Gasteiger partial charge < -0.3 is 14.8 Å². The van der Waals surface area contributed by atoms with E-state index in [9.17, 15) is 23.2 Å². The van der Waals surface area contributed by atoms with Gasteiger partial charge in [0.05, 0.1) is 16.5 Å². The average Bonchev–Trinajstić information content (AvgIpc) is 3.13. The van der Waals surface area contributed by atoms with E-state index in [1.165, 1.54) is 42.5 Å². The minimum Gasteiger partial charge on any atom is -0.490 e. The molecule has 0 saturated carbocycles. The summed E-state index contributed by atoms with van der Waals surface area (Å²) < 4.78 is 38.4. The smallest absolute Gasteiger partial charge is 0.294 e. The SMILES string of the molecule is CCOc1cc(/C=C2\SC(=O)N(CC(=O)Nc3ccc(F)cc3)C2=O)cc(Cl)c1OCc1ccccc1F. The number of hydrogen-bond donors (Lipinski definition) is 1. The number of amides is 3. The summed E-state index contributed by atoms with van der Waals surface area (Å²) in [5.41, 5.74) is 1.12. The van der Waals surface area contributed by atoms with Gasteiger partial charge in [0.2, 0.25) is 5.91 Å². The lowest BCUT2D eigenvalue weighted by molar-refractivity contribution is -0.127. The van der Waals surface area contributed by atoms with Crippen LogP contribution < -0.4 is 14.8 Å². The fourth-order valence-electron chi connectivity index (χ4n) is 3.50. The van der Waals surface area contributed by atoms with E-state index in [2.05, 4.69) is 5.32 Å². The van der Waals surface area contributed by atoms with Crippen LogP contribution >= 0.6 is 23.4 Å². The number of nitrogens with zero attached hydrogens (tertiary/aromatic N) is 1. The van der Waals surface area contributed by atoms with Crippen molar-refractivity contribution in [3.63, 3.8) is 0 Å². The van der Waals surface area contributed by atoms with Crippen molar-refractivity contribution >= 4 is 52.2 Å². The molecule has 1 N–H and O–H groups in total. The van der Waals surface area contributed by atoms with Gasteiger partial charge in [0, 0.05) is 11.3 Å². The van der Waals surface area contributed by atoms with E-state index in [4.69, 9.17) is 21.1 Å². The molecule has 196 valence electrons. The Morgan fingerprint density at radius 2 is 1.82 bits per heavy atom. The number of nitrogens with one attached hydrogen (secondary N) is 1. The van der Waals surface area contributed by atoms with E-state index in [-0.39, 0.29) is 34.6 Å². The highest BCUT2D eigenvalue weighted by molar-refractivity contribution is 8.18. The van der Waals surface area contributed by atoms with Crippen molar-refractivity contribution in [3.8, 4) is 11.5 Å². The first-order valence-corrected chi connectivity index (χ1v) is 12.6. The standard InChI is InChI=1S/C27H21ClF2N2O5S/c1-2-36-22-12-16(11-20(28)25(22)37-15-17-5-3-4-6-21(17)30)13-23-26(34)32(27(35)38-23)14-24(33)31-19-9-7-18(29)8-10-19/h3-13H,2,14-15H2,1H3,(H,31,33)/b23-13-. The van der Waals surface area contributed by atoms with Crippen LogP contribution in [0.1, 0.15) is 18.1 Å². The number of benzene rings is 3. The lowest BCUT2D eigenvalue weighted by Crippen LogP contribution is -2.36. The number of anilines is 1. The van der Waals surface area contributed by atoms with Crippen molar-refractivity contribution in [1.29, 1.82) is 0 Å². The molecule has 0 unspecified atom stereocenters. The monoisotopic (exact) mass is 558 g/mol. The number of carbonyl (C=O) groups is 3. The predicted molar refractivity (Wildman–Crippen MR) is 141 cm³/mol. The average molecular weight is 559 g/mol. The second-order valence-corrected chi connectivity index (χ2v) is 9.37. The van der Waals surface area contributed by atoms with Gasteiger partial charge in [-0.25, -0.2) is 8.78 Å². The minimum atomic E-state index is -0.650. The van der Waals surface area contributed by atoms with E-state index >= 15 is 0 Å². The highest BCUT2D eigenvalue weighted by Crippen LogP contribution is 2.39. The van der Waals surface area contributed by atoms with Crippen LogP contribution in [0.4, 0.5) is 19.3 Å². The van der Waals surface area contributed by atoms with Gasteiger partial charge in [0.1, 0.15) is 24.8 Å². The molecule has 3 amide bonds. The van der Waals surface area contributed by atoms with Gasteiger partial charge in [-0.3, -0.25) is 19.3 Å². The number of rotatable bonds is 9. The second-order valence-electron chi connectivity index (χ2n) is 7.97. The van der Waals surface area contributed by atoms with Gasteiger partial charge in [0.15, 0.2) is 11.5 Å². The van der Waals surface area contributed by atoms with Crippen molar-refractivity contribution < 1.29 is 32.6 Å². The molecule has 11 heteroatoms. The van der Waals surface area contributed by atoms with Crippen LogP contribution in [-0.4, -0.2) is 35.1 Å². The molecule has 1 heterocycles. The van der Waals surface area contributed by atoms with Gasteiger partial charge in [-0.15, -0.1) is 0 Å². The van der Waals surface area contributed by atoms with Gasteiger partial charge in [0.25, 0.3) is 11.1 Å². The Hall–Kier alpha value is -3.89. The lowest BCUT2D eigenvalue weighted by Gasteiger charge is -2.15. The zero-order valence-electron chi connectivity index (χ0n) is 20.0. The van der Waals surface area contributed by atoms with Crippen LogP contribution in [0.3, 0.4) is 0 Å². The Morgan fingerprint density at radius 1 is 1.08 bits per heavy atom. The third-order valence-electron chi connectivity index (χ3n) is 5.26. The molecule has 0 aromatic heterocycles. The predicted octanol–water partition coefficient (Wildman–Crippen LogP) is 6.27. The van der Waals surface area contributed by atoms with E-state index in [1.807, 2.05) is 0 Å². The maximum Gasteiger partial charge on any atom is 0.294 e. The van der Waals surface area contributed by atoms with Crippen molar-refractivity contribution in [2.24, 2.45) is 0 Å². The molecule has 0 spiro atoms. The van der Waals surface area contributed by atoms with Gasteiger partial charge in [-0.2, -0.15) is 0 Å². The molecule has 0 bridgehead atoms. The molecule has 4 rings (SSSR count). The quantitative estimate of drug-likeness (QED) is 0.312. The Morgan fingerprint density at radius 3 is 2.53 bits per heavy atom. The first kappa shape index (κ1) is 27.2. The fourth-order valence-corrected chi connectivity index (χ4v) is 4.62. The van der Waals surface area contributed by atoms with Crippen LogP contribution in [0.5, 0.6) is 11.5 Å². The molecule has 3 aromatic carbocycles. The highest BCUT2D eigenvalue weighted by Gasteiger charge is 2.36. The van der Waals surface area contributed by atoms with Gasteiger partial charge in [-0.05, 0) is 72.8 Å². The minimum absolute atomic E-state index is 0.0787. The van der Waals surface area contributed by atoms with E-state index < -0.39 is 35.2 Å². The number of halogens is 3. The number of carbonyl (C=O) groups excluding carboxylic acids is 3. The molecular weight excluding hydrogens is 538 g/mol. The number of ether oxygens (including phenoxy) is 2. The van der Waals surface area contributed by atoms with Crippen LogP contribution in [0.15, 0.2) is 65.6 Å². The third kappa shape index (κ3) is 6.51. The molecule has 38 heavy (non-hydrogen) atoms. The Bertz CT molecular complexity index is 1420. The first-order valence-electron chi connectivity index (χ1n) is 11.4. The molecule has 1 saturated heterocycles. The van der Waals surface area contributed by atoms with Crippen molar-refractivity contribution in [2.75, 3.05) is 18.5 Å². The summed E-state index contributed by atoms with van der Waals surface area (Å²) in [5, 5.41) is 2.06. The summed E-state index contributed by atoms with van der Waals surface area (Å²) in [6, 6.07) is 14.4. The molecule has 0 aliphatic carbocycles. The summed E-state index contributed by atoms with van der Waals surface area (Å²) >= 11 is 7.12. The fraction of sp³-hybridized carbons (Fsp3) is 0.148. The Balaban J connectivity index is 1.49. The maximum atomic E-state index is 14.0. The largest absolute Gasteiger partial charge is 0.490 e. The van der Waals surface area contributed by atoms with Crippen molar-refractivity contribution in [1.82, 2.24) is 4.90 Å². The topological polar surface area (TPSA) is 84.9 Å². The summed E-state index contributed by atoms with van der Waals surface area (Å²) in [6.07, 6.45) is 1.46. The Labute approximate surface area is 226 Å². The van der Waals surface area contributed by atoms with E-state index in [0.717, 1.165) is 4.90 Å². The van der Waals surface area contributed by atoms with Crippen LogP contribution in [0.2, 0.25) is 5.02 Å². The first-order chi connectivity index (χ1) is 18.2. The van der Waals surface area contributed by atoms with Gasteiger partial charge in [-0.1, -0.05) is 29.8 Å². The number of thioether (sulfide) groups is 1. The Kier molecular flexibility index (Phi) is 8.65. The molecule has 1 aliphatic rings. The maximum absolute atomic E-state index is 14.0. The summed E-state index contributed by atoms with van der Waals surface area (Å²) in [7, 11) is 0. The zero-order valence-corrected chi connectivity index (χ0v) is 21.6. The summed E-state index contributed by atoms with van der Waals surface area (Å²) in [4.78, 5) is 38.6. The second kappa shape index (κ2) is 12.1. The van der Waals surface area contributed by atoms with Crippen molar-refractivity contribution in [3.05, 3.63) is 93.4 Å². The molecule has 1 fully saturated rings. The summed E-state index contributed by atoms with van der Waals surface area (Å²) in [5.74, 6) is -1.65. The molecule has 7 nitrogen and oxygen atoms in total. The van der Waals surface area contributed by atoms with E-state index in [0.29, 0.717) is 28.6 Å². The van der Waals surface area contributed by atoms with Gasteiger partial charge >= 0.3 is 0 Å². The molecule has 1 aliphatic heterocycles. The molecule has 0 atom stereocenters. The molecule has 3 aromatic rings. The van der Waals surface area contributed by atoms with E-state index in [1.54, 1.807) is 31.2 Å².